The maximum Gasteiger partial charge on any atom is 0.530 e. The fourth-order valence-electron chi connectivity index (χ4n) is 3.87. The van der Waals surface area contributed by atoms with E-state index in [9.17, 15) is 0 Å². The van der Waals surface area contributed by atoms with Crippen molar-refractivity contribution in [2.45, 2.75) is 20.8 Å². The van der Waals surface area contributed by atoms with Crippen LogP contribution in [-0.2, 0) is 0 Å². The van der Waals surface area contributed by atoms with Crippen molar-refractivity contribution in [1.82, 2.24) is 0 Å². The molecule has 0 aliphatic carbocycles. The summed E-state index contributed by atoms with van der Waals surface area (Å²) in [7, 11) is -3.21. The monoisotopic (exact) mass is 662 g/mol. The Morgan fingerprint density at radius 1 is 0.255 bits per heavy atom. The van der Waals surface area contributed by atoms with Gasteiger partial charge in [-0.2, -0.15) is 0 Å². The van der Waals surface area contributed by atoms with Gasteiger partial charge in [-0.1, -0.05) is 108 Å². The minimum absolute atomic E-state index is 0.709. The van der Waals surface area contributed by atoms with Crippen LogP contribution in [0.15, 0.2) is 164 Å². The molecule has 0 saturated heterocycles. The molecule has 6 rings (SSSR count). The highest BCUT2D eigenvalue weighted by Gasteiger charge is 2.20. The third-order valence-electron chi connectivity index (χ3n) is 6.37. The molecule has 0 heterocycles. The lowest BCUT2D eigenvalue weighted by molar-refractivity contribution is 0.387. The molecule has 0 saturated carbocycles. The molecule has 0 aliphatic heterocycles. The first-order valence-corrected chi connectivity index (χ1v) is 17.2. The van der Waals surface area contributed by atoms with Gasteiger partial charge in [-0.25, -0.2) is 0 Å². The van der Waals surface area contributed by atoms with Gasteiger partial charge in [-0.3, -0.25) is 0 Å². The summed E-state index contributed by atoms with van der Waals surface area (Å²) >= 11 is 0. The fraction of sp³-hybridized carbons (Fsp3) is 0.0769. The van der Waals surface area contributed by atoms with Gasteiger partial charge in [0.25, 0.3) is 0 Å². The van der Waals surface area contributed by atoms with Crippen LogP contribution in [0.4, 0.5) is 0 Å². The van der Waals surface area contributed by atoms with E-state index in [4.69, 9.17) is 27.1 Å². The molecule has 0 radical (unpaired) electrons. The van der Waals surface area contributed by atoms with Crippen LogP contribution in [0.1, 0.15) is 16.7 Å². The Labute approximate surface area is 279 Å². The van der Waals surface area contributed by atoms with E-state index in [-0.39, 0.29) is 0 Å². The van der Waals surface area contributed by atoms with E-state index < -0.39 is 17.2 Å². The van der Waals surface area contributed by atoms with Crippen molar-refractivity contribution >= 4 is 17.2 Å². The summed E-state index contributed by atoms with van der Waals surface area (Å²) in [5, 5.41) is 0. The molecule has 0 unspecified atom stereocenters. The molecule has 6 aromatic rings. The first-order chi connectivity index (χ1) is 23.0. The van der Waals surface area contributed by atoms with Crippen molar-refractivity contribution in [3.8, 4) is 34.5 Å². The zero-order valence-electron chi connectivity index (χ0n) is 26.4. The van der Waals surface area contributed by atoms with Gasteiger partial charge in [0, 0.05) is 0 Å². The predicted octanol–water partition coefficient (Wildman–Crippen LogP) is 11.8. The topological polar surface area (TPSA) is 55.4 Å². The zero-order valence-corrected chi connectivity index (χ0v) is 28.2. The minimum Gasteiger partial charge on any atom is -0.409 e. The molecule has 238 valence electrons. The average molecular weight is 663 g/mol. The van der Waals surface area contributed by atoms with Crippen LogP contribution in [0, 0.1) is 20.8 Å². The van der Waals surface area contributed by atoms with Gasteiger partial charge in [0.15, 0.2) is 0 Å². The molecular formula is C39H36O6P2. The lowest BCUT2D eigenvalue weighted by Crippen LogP contribution is -2.02. The first kappa shape index (κ1) is 33.3. The molecule has 0 amide bonds. The van der Waals surface area contributed by atoms with Gasteiger partial charge in [0.05, 0.1) is 0 Å². The van der Waals surface area contributed by atoms with Crippen LogP contribution in [-0.4, -0.2) is 0 Å². The Balaban J connectivity index is 0.000000186. The fourth-order valence-corrected chi connectivity index (χ4v) is 5.86. The van der Waals surface area contributed by atoms with Gasteiger partial charge >= 0.3 is 17.2 Å². The molecule has 0 atom stereocenters. The third kappa shape index (κ3) is 11.7. The summed E-state index contributed by atoms with van der Waals surface area (Å²) in [4.78, 5) is 0. The molecule has 0 fully saturated rings. The molecule has 47 heavy (non-hydrogen) atoms. The van der Waals surface area contributed by atoms with E-state index in [0.29, 0.717) is 17.2 Å². The van der Waals surface area contributed by atoms with Crippen LogP contribution in [0.5, 0.6) is 34.5 Å². The molecule has 0 bridgehead atoms. The second kappa shape index (κ2) is 17.6. The van der Waals surface area contributed by atoms with Crippen LogP contribution < -0.4 is 27.1 Å². The van der Waals surface area contributed by atoms with Crippen molar-refractivity contribution in [1.29, 1.82) is 0 Å². The highest BCUT2D eigenvalue weighted by atomic mass is 31.2. The number of rotatable bonds is 12. The van der Waals surface area contributed by atoms with E-state index in [0.717, 1.165) is 17.2 Å². The van der Waals surface area contributed by atoms with E-state index in [1.165, 1.54) is 16.7 Å². The summed E-state index contributed by atoms with van der Waals surface area (Å²) < 4.78 is 35.4. The Morgan fingerprint density at radius 3 is 0.660 bits per heavy atom. The molecule has 8 heteroatoms. The molecule has 0 aliphatic rings. The second-order valence-corrected chi connectivity index (χ2v) is 12.4. The Hall–Kier alpha value is -5.02. The van der Waals surface area contributed by atoms with Gasteiger partial charge in [0.1, 0.15) is 34.5 Å². The van der Waals surface area contributed by atoms with Gasteiger partial charge < -0.3 is 27.1 Å². The standard InChI is InChI=1S/C21H21O3P.C18H15O3P/c1-16-4-10-19(11-5-16)22-25(23-20-12-6-17(2)7-13-20)24-21-14-8-18(3)9-15-21;1-4-10-16(11-5-1)19-22(20-17-12-6-2-7-13-17)21-18-14-8-3-9-15-18/h4-15H,1-3H3;1-15H. The van der Waals surface area contributed by atoms with Crippen molar-refractivity contribution in [3.63, 3.8) is 0 Å². The molecule has 0 N–H and O–H groups in total. The van der Waals surface area contributed by atoms with E-state index in [2.05, 4.69) is 0 Å². The number of aryl methyl sites for hydroxylation is 3. The molecule has 6 nitrogen and oxygen atoms in total. The van der Waals surface area contributed by atoms with Crippen LogP contribution >= 0.6 is 17.2 Å². The molecule has 0 spiro atoms. The molecule has 6 aromatic carbocycles. The predicted molar refractivity (Wildman–Crippen MR) is 190 cm³/mol. The largest absolute Gasteiger partial charge is 0.530 e. The lowest BCUT2D eigenvalue weighted by Gasteiger charge is -2.18. The number of hydrogen-bond donors (Lipinski definition) is 0. The van der Waals surface area contributed by atoms with Crippen molar-refractivity contribution in [3.05, 3.63) is 180 Å². The molecule has 0 aromatic heterocycles. The van der Waals surface area contributed by atoms with Crippen molar-refractivity contribution in [2.24, 2.45) is 0 Å². The minimum atomic E-state index is -1.62. The summed E-state index contributed by atoms with van der Waals surface area (Å²) in [5.41, 5.74) is 3.53. The zero-order chi connectivity index (χ0) is 32.7. The Morgan fingerprint density at radius 2 is 0.447 bits per heavy atom. The van der Waals surface area contributed by atoms with Crippen LogP contribution in [0.2, 0.25) is 0 Å². The van der Waals surface area contributed by atoms with Crippen LogP contribution in [0.3, 0.4) is 0 Å². The third-order valence-corrected chi connectivity index (χ3v) is 8.53. The lowest BCUT2D eigenvalue weighted by atomic mass is 10.2. The first-order valence-electron chi connectivity index (χ1n) is 15.0. The van der Waals surface area contributed by atoms with E-state index >= 15 is 0 Å². The summed E-state index contributed by atoms with van der Waals surface area (Å²) in [6.45, 7) is 6.12. The maximum atomic E-state index is 5.96. The quantitative estimate of drug-likeness (QED) is 0.122. The van der Waals surface area contributed by atoms with E-state index in [1.54, 1.807) is 0 Å². The SMILES string of the molecule is Cc1ccc(OP(Oc2ccc(C)cc2)Oc2ccc(C)cc2)cc1.c1ccc(OP(Oc2ccccc2)Oc2ccccc2)cc1. The number of hydrogen-bond acceptors (Lipinski definition) is 6. The number of para-hydroxylation sites is 3. The summed E-state index contributed by atoms with van der Waals surface area (Å²) in [5.74, 6) is 4.28. The normalized spacial score (nSPS) is 10.4. The van der Waals surface area contributed by atoms with Crippen molar-refractivity contribution in [2.75, 3.05) is 0 Å². The van der Waals surface area contributed by atoms with Gasteiger partial charge in [0.2, 0.25) is 0 Å². The van der Waals surface area contributed by atoms with Crippen molar-refractivity contribution < 1.29 is 27.1 Å². The highest BCUT2D eigenvalue weighted by molar-refractivity contribution is 7.43. The summed E-state index contributed by atoms with van der Waals surface area (Å²) in [6.07, 6.45) is 0. The van der Waals surface area contributed by atoms with E-state index in [1.807, 2.05) is 185 Å². The van der Waals surface area contributed by atoms with Crippen LogP contribution in [0.25, 0.3) is 0 Å². The Bertz CT molecular complexity index is 1530. The van der Waals surface area contributed by atoms with Gasteiger partial charge in [-0.15, -0.1) is 0 Å². The maximum absolute atomic E-state index is 5.96. The number of benzene rings is 6. The highest BCUT2D eigenvalue weighted by Crippen LogP contribution is 2.43. The molecular weight excluding hydrogens is 626 g/mol. The second-order valence-electron chi connectivity index (χ2n) is 10.4. The average Bonchev–Trinajstić information content (AvgIpc) is 3.09. The summed E-state index contributed by atoms with van der Waals surface area (Å²) in [6, 6.07) is 52.0. The smallest absolute Gasteiger partial charge is 0.409 e. The Kier molecular flexibility index (Phi) is 12.5. The van der Waals surface area contributed by atoms with Gasteiger partial charge in [-0.05, 0) is 93.6 Å².